The molecule has 5 N–H and O–H groups in total. The number of phenolic OH excluding ortho intramolecular Hbond substituents is 1. The van der Waals surface area contributed by atoms with Crippen LogP contribution in [0.2, 0.25) is 0 Å². The van der Waals surface area contributed by atoms with Crippen molar-refractivity contribution in [3.8, 4) is 5.75 Å². The summed E-state index contributed by atoms with van der Waals surface area (Å²) in [7, 11) is 0. The predicted octanol–water partition coefficient (Wildman–Crippen LogP) is 0.796. The second-order valence-electron chi connectivity index (χ2n) is 5.40. The van der Waals surface area contributed by atoms with Crippen LogP contribution < -0.4 is 9.67 Å². The Morgan fingerprint density at radius 3 is 2.00 bits per heavy atom. The number of hydrogen-bond acceptors (Lipinski definition) is 4. The van der Waals surface area contributed by atoms with Gasteiger partial charge in [0.15, 0.2) is 11.1 Å². The number of rotatable bonds is 3. The fraction of sp³-hybridized carbons (Fsp3) is 0.188. The third kappa shape index (κ3) is 6.43. The first-order valence-electron chi connectivity index (χ1n) is 7.27. The van der Waals surface area contributed by atoms with Crippen LogP contribution in [-0.4, -0.2) is 42.1 Å². The largest absolute Gasteiger partial charge is 0.302 e. The molecule has 0 aliphatic rings. The number of anilines is 1. The van der Waals surface area contributed by atoms with Gasteiger partial charge in [0.2, 0.25) is 0 Å². The first kappa shape index (κ1) is 22.1. The van der Waals surface area contributed by atoms with Gasteiger partial charge in [0.25, 0.3) is 0 Å². The Labute approximate surface area is 156 Å². The number of amides is 1. The van der Waals surface area contributed by atoms with E-state index in [-0.39, 0.29) is 11.6 Å². The molecule has 0 aliphatic carbocycles. The molecule has 0 radical (unpaired) electrons. The van der Waals surface area contributed by atoms with E-state index in [1.807, 2.05) is 32.0 Å². The van der Waals surface area contributed by atoms with Crippen LogP contribution in [0.1, 0.15) is 18.1 Å². The molecule has 0 fully saturated rings. The molecule has 26 heavy (non-hydrogen) atoms. The fourth-order valence-electron chi connectivity index (χ4n) is 2.13. The van der Waals surface area contributed by atoms with Crippen molar-refractivity contribution < 1.29 is 30.6 Å². The third-order valence-corrected chi connectivity index (χ3v) is 6.30. The average Bonchev–Trinajstić information content (AvgIpc) is 2.45. The van der Waals surface area contributed by atoms with E-state index in [0.717, 1.165) is 23.3 Å². The Morgan fingerprint density at radius 2 is 1.65 bits per heavy atom. The summed E-state index contributed by atoms with van der Waals surface area (Å²) in [6.45, 7) is 4.95. The molecule has 0 saturated heterocycles. The van der Waals surface area contributed by atoms with Gasteiger partial charge in [-0.25, -0.2) is 4.21 Å². The molecule has 0 aromatic heterocycles. The number of aromatic hydroxyl groups is 1. The number of benzene rings is 2. The minimum absolute atomic E-state index is 0.285. The normalized spacial score (nSPS) is 11.9. The molecule has 2 aromatic carbocycles. The van der Waals surface area contributed by atoms with Crippen LogP contribution in [0.5, 0.6) is 5.75 Å². The van der Waals surface area contributed by atoms with E-state index >= 15 is 0 Å². The number of carbonyl (C=O) groups excluding carboxylic acids is 1. The zero-order chi connectivity index (χ0) is 20.1. The van der Waals surface area contributed by atoms with Gasteiger partial charge < -0.3 is 4.55 Å². The van der Waals surface area contributed by atoms with Crippen molar-refractivity contribution in [2.45, 2.75) is 25.7 Å². The molecule has 1 atom stereocenters. The summed E-state index contributed by atoms with van der Waals surface area (Å²) >= 11 is -6.94. The molecule has 142 valence electrons. The van der Waals surface area contributed by atoms with E-state index in [4.69, 9.17) is 12.7 Å². The molecule has 0 saturated carbocycles. The van der Waals surface area contributed by atoms with Crippen molar-refractivity contribution in [1.82, 2.24) is 0 Å². The van der Waals surface area contributed by atoms with Gasteiger partial charge in [0, 0.05) is 0 Å². The molecule has 1 unspecified atom stereocenters. The summed E-state index contributed by atoms with van der Waals surface area (Å²) in [6, 6.07) is 9.04. The van der Waals surface area contributed by atoms with Crippen LogP contribution in [0.4, 0.5) is 5.69 Å². The molecule has 8 nitrogen and oxygen atoms in total. The van der Waals surface area contributed by atoms with E-state index in [1.165, 1.54) is 13.0 Å². The standard InChI is InChI=1S/C8H10AsNO5.C8H10O2S/c1-5(11)10-6-2-3-7(8(12)4-6)9(13,14)15;1-6-4-3-5-7(2)8(6)11(9)10/h2-4,12H,1H3,(H,10,11)(H2,13,14,15);3-5H,1-2H3,(H,9,10). The molecular formula is C16H20AsNO7S. The molecule has 0 spiro atoms. The number of nitrogens with one attached hydrogen (secondary N) is 1. The van der Waals surface area contributed by atoms with Gasteiger partial charge in [-0.3, -0.25) is 0 Å². The van der Waals surface area contributed by atoms with Crippen molar-refractivity contribution >= 4 is 41.2 Å². The predicted molar refractivity (Wildman–Crippen MR) is 97.9 cm³/mol. The van der Waals surface area contributed by atoms with Crippen LogP contribution >= 0.6 is 0 Å². The number of carbonyl (C=O) groups is 1. The maximum atomic E-state index is 10.9. The maximum Gasteiger partial charge on any atom is 0.187 e. The second kappa shape index (κ2) is 9.16. The van der Waals surface area contributed by atoms with Gasteiger partial charge in [0.1, 0.15) is 0 Å². The number of phenols is 1. The van der Waals surface area contributed by atoms with E-state index in [0.29, 0.717) is 4.90 Å². The van der Waals surface area contributed by atoms with Crippen LogP contribution in [-0.2, 0) is 19.6 Å². The first-order valence-corrected chi connectivity index (χ1v) is 11.8. The van der Waals surface area contributed by atoms with Crippen molar-refractivity contribution in [3.63, 3.8) is 0 Å². The van der Waals surface area contributed by atoms with Crippen molar-refractivity contribution in [3.05, 3.63) is 47.5 Å². The van der Waals surface area contributed by atoms with Crippen LogP contribution in [0.15, 0.2) is 41.3 Å². The van der Waals surface area contributed by atoms with Crippen molar-refractivity contribution in [2.75, 3.05) is 5.32 Å². The van der Waals surface area contributed by atoms with Gasteiger partial charge in [0.05, 0.1) is 4.90 Å². The number of hydrogen-bond donors (Lipinski definition) is 5. The summed E-state index contributed by atoms with van der Waals surface area (Å²) in [5.74, 6) is -0.850. The van der Waals surface area contributed by atoms with Gasteiger partial charge in [-0.2, -0.15) is 0 Å². The van der Waals surface area contributed by atoms with Gasteiger partial charge in [-0.05, 0) is 25.0 Å². The SMILES string of the molecule is CC(=O)Nc1ccc([As](=O)(O)O)c(O)c1.Cc1cccc(C)c1S(=O)O. The Balaban J connectivity index is 0.000000273. The monoisotopic (exact) mass is 445 g/mol. The molecule has 1 amide bonds. The molecule has 2 aromatic rings. The topological polar surface area (TPSA) is 144 Å². The van der Waals surface area contributed by atoms with E-state index in [1.54, 1.807) is 0 Å². The molecule has 0 aliphatic heterocycles. The quantitative estimate of drug-likeness (QED) is 0.347. The van der Waals surface area contributed by atoms with Gasteiger partial charge >= 0.3 is 88.1 Å². The van der Waals surface area contributed by atoms with Gasteiger partial charge in [-0.1, -0.05) is 18.2 Å². The summed E-state index contributed by atoms with van der Waals surface area (Å²) in [6.07, 6.45) is 0. The summed E-state index contributed by atoms with van der Waals surface area (Å²) in [5, 5.41) is 11.7. The summed E-state index contributed by atoms with van der Waals surface area (Å²) in [4.78, 5) is 11.2. The van der Waals surface area contributed by atoms with Crippen molar-refractivity contribution in [1.29, 1.82) is 0 Å². The van der Waals surface area contributed by atoms with Gasteiger partial charge in [-0.15, -0.1) is 0 Å². The average molecular weight is 445 g/mol. The Kier molecular flexibility index (Phi) is 7.80. The van der Waals surface area contributed by atoms with Crippen LogP contribution in [0, 0.1) is 13.8 Å². The molecule has 2 rings (SSSR count). The molecule has 0 bridgehead atoms. The smallest absolute Gasteiger partial charge is 0.187 e. The Bertz CT molecular complexity index is 859. The van der Waals surface area contributed by atoms with E-state index in [2.05, 4.69) is 5.32 Å². The van der Waals surface area contributed by atoms with Crippen LogP contribution in [0.25, 0.3) is 0 Å². The number of aryl methyl sites for hydroxylation is 2. The Morgan fingerprint density at radius 1 is 1.12 bits per heavy atom. The van der Waals surface area contributed by atoms with E-state index < -0.39 is 35.4 Å². The second-order valence-corrected chi connectivity index (χ2v) is 9.60. The maximum absolute atomic E-state index is 10.9. The van der Waals surface area contributed by atoms with E-state index in [9.17, 15) is 17.8 Å². The summed E-state index contributed by atoms with van der Waals surface area (Å²) in [5.41, 5.74) is 2.02. The zero-order valence-corrected chi connectivity index (χ0v) is 17.0. The molecule has 0 heterocycles. The first-order chi connectivity index (χ1) is 11.9. The van der Waals surface area contributed by atoms with Crippen molar-refractivity contribution in [2.24, 2.45) is 0 Å². The van der Waals surface area contributed by atoms with Crippen LogP contribution in [0.3, 0.4) is 0 Å². The third-order valence-electron chi connectivity index (χ3n) is 3.19. The fourth-order valence-corrected chi connectivity index (χ4v) is 4.14. The summed E-state index contributed by atoms with van der Waals surface area (Å²) < 4.78 is 47.8. The molecular weight excluding hydrogens is 425 g/mol. The minimum atomic E-state index is -5.09. The zero-order valence-electron chi connectivity index (χ0n) is 14.3. The minimum Gasteiger partial charge on any atom is -0.302 e. The molecule has 10 heteroatoms. The Hall–Kier alpha value is -1.90.